The SMILES string of the molecule is [2H]c1c([2H])c([2H])c(-c2nc(-c3c([2H])c([2H])c([2H])c([2H])c3[2H])nc(-n3c4c([2H])c([2H])c([2H])c([2H])c4c4ccc5c6c([2H])c([2H])c([2H])c([2H])c6n(-c6c([2H])c([2H])c([2H])c([2H])c6[2H])c5c43)n2)c([2H])c1[2H]. The summed E-state index contributed by atoms with van der Waals surface area (Å²) in [5.41, 5.74) is -3.41. The number of benzene rings is 6. The lowest BCUT2D eigenvalue weighted by atomic mass is 10.1. The number of hydrogen-bond acceptors (Lipinski definition) is 3. The number of fused-ring (bicyclic) bond motifs is 7. The van der Waals surface area contributed by atoms with Crippen molar-refractivity contribution in [2.24, 2.45) is 0 Å². The maximum atomic E-state index is 9.30. The third-order valence-corrected chi connectivity index (χ3v) is 6.90. The van der Waals surface area contributed by atoms with Gasteiger partial charge >= 0.3 is 0 Å². The first-order chi connectivity index (χ1) is 31.4. The molecule has 5 heteroatoms. The van der Waals surface area contributed by atoms with Crippen molar-refractivity contribution in [3.8, 4) is 34.4 Å². The molecular weight excluding hydrogens is 538 g/mol. The Labute approximate surface area is 285 Å². The van der Waals surface area contributed by atoms with Crippen LogP contribution >= 0.6 is 0 Å². The van der Waals surface area contributed by atoms with Crippen LogP contribution in [0.2, 0.25) is 0 Å². The summed E-state index contributed by atoms with van der Waals surface area (Å²) in [5.74, 6) is -2.25. The molecule has 44 heavy (non-hydrogen) atoms. The molecule has 6 aromatic carbocycles. The molecular formula is C39H25N5. The summed E-state index contributed by atoms with van der Waals surface area (Å²) in [5, 5.41) is -0.655. The van der Waals surface area contributed by atoms with E-state index in [0.29, 0.717) is 0 Å². The molecule has 0 atom stereocenters. The van der Waals surface area contributed by atoms with Gasteiger partial charge in [0.25, 0.3) is 0 Å². The molecule has 0 spiro atoms. The highest BCUT2D eigenvalue weighted by Gasteiger charge is 2.23. The topological polar surface area (TPSA) is 48.5 Å². The van der Waals surface area contributed by atoms with Crippen LogP contribution in [-0.2, 0) is 0 Å². The first kappa shape index (κ1) is 10.9. The van der Waals surface area contributed by atoms with Crippen molar-refractivity contribution in [3.63, 3.8) is 0 Å². The van der Waals surface area contributed by atoms with Crippen molar-refractivity contribution in [1.29, 1.82) is 0 Å². The van der Waals surface area contributed by atoms with E-state index in [1.807, 2.05) is 0 Å². The van der Waals surface area contributed by atoms with E-state index in [1.165, 1.54) is 12.1 Å². The molecule has 206 valence electrons. The first-order valence-corrected chi connectivity index (χ1v) is 12.8. The third kappa shape index (κ3) is 3.69. The van der Waals surface area contributed by atoms with Gasteiger partial charge in [-0.05, 0) is 24.2 Å². The molecule has 0 aliphatic heterocycles. The molecule has 0 N–H and O–H groups in total. The number of nitrogens with zero attached hydrogens (tertiary/aromatic N) is 5. The Morgan fingerprint density at radius 2 is 0.841 bits per heavy atom. The molecule has 5 nitrogen and oxygen atoms in total. The lowest BCUT2D eigenvalue weighted by Gasteiger charge is -2.13. The van der Waals surface area contributed by atoms with Crippen LogP contribution < -0.4 is 0 Å². The summed E-state index contributed by atoms with van der Waals surface area (Å²) < 4.78 is 202. The molecule has 0 aliphatic rings. The monoisotopic (exact) mass is 586 g/mol. The average molecular weight is 587 g/mol. The molecule has 3 heterocycles. The van der Waals surface area contributed by atoms with Crippen LogP contribution in [0, 0.1) is 0 Å². The normalized spacial score (nSPS) is 19.0. The van der Waals surface area contributed by atoms with Gasteiger partial charge in [0.05, 0.1) is 53.6 Å². The van der Waals surface area contributed by atoms with Crippen LogP contribution in [0.15, 0.2) is 151 Å². The fourth-order valence-corrected chi connectivity index (χ4v) is 5.19. The third-order valence-electron chi connectivity index (χ3n) is 6.90. The van der Waals surface area contributed by atoms with Crippen LogP contribution in [0.1, 0.15) is 31.5 Å². The van der Waals surface area contributed by atoms with E-state index < -0.39 is 184 Å². The van der Waals surface area contributed by atoms with Gasteiger partial charge in [-0.1, -0.05) is 127 Å². The predicted molar refractivity (Wildman–Crippen MR) is 179 cm³/mol. The quantitative estimate of drug-likeness (QED) is 0.206. The highest BCUT2D eigenvalue weighted by Crippen LogP contribution is 2.41. The Morgan fingerprint density at radius 1 is 0.409 bits per heavy atom. The molecule has 0 radical (unpaired) electrons. The van der Waals surface area contributed by atoms with Crippen molar-refractivity contribution in [3.05, 3.63) is 151 Å². The Balaban J connectivity index is 1.64. The minimum Gasteiger partial charge on any atom is -0.307 e. The lowest BCUT2D eigenvalue weighted by Crippen LogP contribution is -2.07. The second kappa shape index (κ2) is 9.75. The van der Waals surface area contributed by atoms with Crippen molar-refractivity contribution < 1.29 is 31.5 Å². The van der Waals surface area contributed by atoms with Gasteiger partial charge in [-0.2, -0.15) is 9.97 Å². The van der Waals surface area contributed by atoms with Crippen molar-refractivity contribution >= 4 is 43.6 Å². The van der Waals surface area contributed by atoms with Crippen molar-refractivity contribution in [1.82, 2.24) is 24.1 Å². The molecule has 0 bridgehead atoms. The maximum Gasteiger partial charge on any atom is 0.238 e. The Kier molecular flexibility index (Phi) is 2.41. The van der Waals surface area contributed by atoms with Gasteiger partial charge < -0.3 is 4.57 Å². The predicted octanol–water partition coefficient (Wildman–Crippen LogP) is 9.40. The van der Waals surface area contributed by atoms with E-state index in [4.69, 9.17) is 30.2 Å². The van der Waals surface area contributed by atoms with Crippen molar-refractivity contribution in [2.45, 2.75) is 0 Å². The molecule has 0 unspecified atom stereocenters. The largest absolute Gasteiger partial charge is 0.307 e. The van der Waals surface area contributed by atoms with Crippen LogP contribution in [0.3, 0.4) is 0 Å². The van der Waals surface area contributed by atoms with E-state index in [2.05, 4.69) is 15.0 Å². The molecule has 9 rings (SSSR count). The minimum absolute atomic E-state index is 0.0774. The Morgan fingerprint density at radius 3 is 1.39 bits per heavy atom. The van der Waals surface area contributed by atoms with Crippen molar-refractivity contribution in [2.75, 3.05) is 0 Å². The molecule has 0 saturated heterocycles. The Bertz CT molecular complexity index is 3630. The van der Waals surface area contributed by atoms with E-state index >= 15 is 0 Å². The number of hydrogen-bond donors (Lipinski definition) is 0. The summed E-state index contributed by atoms with van der Waals surface area (Å²) in [6.45, 7) is 0. The van der Waals surface area contributed by atoms with Gasteiger partial charge in [-0.3, -0.25) is 4.57 Å². The summed E-state index contributed by atoms with van der Waals surface area (Å²) in [7, 11) is 0. The zero-order chi connectivity index (χ0) is 49.1. The molecule has 0 fully saturated rings. The second-order valence-corrected chi connectivity index (χ2v) is 9.23. The number of rotatable bonds is 4. The van der Waals surface area contributed by atoms with Crippen LogP contribution in [-0.4, -0.2) is 24.1 Å². The van der Waals surface area contributed by atoms with E-state index in [0.717, 1.165) is 9.13 Å². The standard InChI is InChI=1S/C39H25N5/c1-4-14-26(15-5-1)37-40-38(27-16-6-2-7-17-27)42-39(41-37)44-34-23-13-11-21-30(34)32-25-24-31-29-20-10-12-22-33(29)43(35(31)36(32)44)28-18-8-3-9-19-28/h1-25H/i1D,2D,3D,4D,5D,6D,7D,8D,9D,10D,11D,12D,13D,14D,15D,16D,17D,18D,19D,20D,21D,22D,23D. The smallest absolute Gasteiger partial charge is 0.238 e. The fraction of sp³-hybridized carbons (Fsp3) is 0. The average Bonchev–Trinajstić information content (AvgIpc) is 3.84. The molecule has 3 aromatic heterocycles. The number of para-hydroxylation sites is 3. The van der Waals surface area contributed by atoms with E-state index in [-0.39, 0.29) is 32.6 Å². The van der Waals surface area contributed by atoms with Gasteiger partial charge in [0.1, 0.15) is 0 Å². The zero-order valence-corrected chi connectivity index (χ0v) is 21.9. The summed E-state index contributed by atoms with van der Waals surface area (Å²) >= 11 is 0. The summed E-state index contributed by atoms with van der Waals surface area (Å²) in [6, 6.07) is -15.8. The molecule has 0 aliphatic carbocycles. The van der Waals surface area contributed by atoms with Gasteiger partial charge in [0.15, 0.2) is 11.6 Å². The molecule has 0 saturated carbocycles. The second-order valence-electron chi connectivity index (χ2n) is 9.23. The molecule has 9 aromatic rings. The maximum absolute atomic E-state index is 9.30. The number of aromatic nitrogens is 5. The van der Waals surface area contributed by atoms with Crippen LogP contribution in [0.4, 0.5) is 0 Å². The summed E-state index contributed by atoms with van der Waals surface area (Å²) in [4.78, 5) is 13.3. The fourth-order valence-electron chi connectivity index (χ4n) is 5.19. The first-order valence-electron chi connectivity index (χ1n) is 24.3. The molecule has 0 amide bonds. The Hall–Kier alpha value is -6.07. The van der Waals surface area contributed by atoms with Gasteiger partial charge in [-0.25, -0.2) is 4.98 Å². The highest BCUT2D eigenvalue weighted by atomic mass is 15.2. The van der Waals surface area contributed by atoms with Crippen LogP contribution in [0.25, 0.3) is 78.0 Å². The lowest BCUT2D eigenvalue weighted by molar-refractivity contribution is 0.953. The summed E-state index contributed by atoms with van der Waals surface area (Å²) in [6.07, 6.45) is 0. The van der Waals surface area contributed by atoms with E-state index in [9.17, 15) is 1.37 Å². The van der Waals surface area contributed by atoms with E-state index in [1.54, 1.807) is 0 Å². The van der Waals surface area contributed by atoms with Crippen LogP contribution in [0.5, 0.6) is 0 Å². The zero-order valence-electron chi connectivity index (χ0n) is 44.9. The van der Waals surface area contributed by atoms with Gasteiger partial charge in [0, 0.05) is 38.4 Å². The highest BCUT2D eigenvalue weighted by molar-refractivity contribution is 6.23. The van der Waals surface area contributed by atoms with Gasteiger partial charge in [-0.15, -0.1) is 0 Å². The van der Waals surface area contributed by atoms with Gasteiger partial charge in [0.2, 0.25) is 5.95 Å². The minimum atomic E-state index is -0.855.